The van der Waals surface area contributed by atoms with Gasteiger partial charge in [0.1, 0.15) is 0 Å². The maximum absolute atomic E-state index is 13.1. The smallest absolute Gasteiger partial charge is 0.240 e. The van der Waals surface area contributed by atoms with E-state index in [1.165, 1.54) is 6.42 Å². The van der Waals surface area contributed by atoms with Crippen LogP contribution in [0.2, 0.25) is 0 Å². The maximum Gasteiger partial charge on any atom is 0.240 e. The molecule has 0 radical (unpaired) electrons. The fourth-order valence-electron chi connectivity index (χ4n) is 4.88. The fraction of sp³-hybridized carbons (Fsp3) is 0.667. The van der Waals surface area contributed by atoms with Gasteiger partial charge in [0, 0.05) is 44.0 Å². The van der Waals surface area contributed by atoms with E-state index in [9.17, 15) is 9.59 Å². The number of aryl methyl sites for hydroxylation is 1. The minimum absolute atomic E-state index is 0.0319. The van der Waals surface area contributed by atoms with Gasteiger partial charge in [0.2, 0.25) is 11.8 Å². The van der Waals surface area contributed by atoms with Gasteiger partial charge in [-0.1, -0.05) is 25.1 Å². The number of amides is 2. The van der Waals surface area contributed by atoms with Crippen LogP contribution in [0.1, 0.15) is 52.5 Å². The molecule has 0 spiro atoms. The highest BCUT2D eigenvalue weighted by molar-refractivity contribution is 5.93. The zero-order chi connectivity index (χ0) is 21.7. The number of nitrogens with zero attached hydrogens (tertiary/aromatic N) is 3. The van der Waals surface area contributed by atoms with Gasteiger partial charge >= 0.3 is 0 Å². The second-order valence-corrected chi connectivity index (χ2v) is 8.92. The van der Waals surface area contributed by atoms with Crippen LogP contribution >= 0.6 is 0 Å². The Balaban J connectivity index is 1.48. The molecule has 1 aromatic carbocycles. The molecule has 2 fully saturated rings. The molecule has 2 heterocycles. The number of likely N-dealkylation sites (tertiary alicyclic amines) is 1. The first kappa shape index (κ1) is 22.8. The van der Waals surface area contributed by atoms with Crippen LogP contribution in [0.15, 0.2) is 24.3 Å². The summed E-state index contributed by atoms with van der Waals surface area (Å²) < 4.78 is 0. The van der Waals surface area contributed by atoms with E-state index in [4.69, 9.17) is 0 Å². The summed E-state index contributed by atoms with van der Waals surface area (Å²) in [5, 5.41) is 3.06. The number of benzene rings is 1. The first-order valence-corrected chi connectivity index (χ1v) is 11.6. The van der Waals surface area contributed by atoms with Crippen molar-refractivity contribution in [1.29, 1.82) is 0 Å². The normalized spacial score (nSPS) is 24.5. The van der Waals surface area contributed by atoms with Crippen molar-refractivity contribution < 1.29 is 9.59 Å². The van der Waals surface area contributed by atoms with Gasteiger partial charge in [0.25, 0.3) is 0 Å². The third-order valence-corrected chi connectivity index (χ3v) is 6.80. The van der Waals surface area contributed by atoms with Crippen molar-refractivity contribution in [3.63, 3.8) is 0 Å². The Kier molecular flexibility index (Phi) is 7.89. The minimum atomic E-state index is -0.0968. The van der Waals surface area contributed by atoms with E-state index in [1.54, 1.807) is 0 Å². The number of para-hydroxylation sites is 1. The van der Waals surface area contributed by atoms with Gasteiger partial charge in [-0.05, 0) is 58.1 Å². The van der Waals surface area contributed by atoms with E-state index in [0.29, 0.717) is 18.6 Å². The Morgan fingerprint density at radius 3 is 2.33 bits per heavy atom. The molecule has 2 saturated heterocycles. The summed E-state index contributed by atoms with van der Waals surface area (Å²) in [6.07, 6.45) is 4.32. The molecule has 0 aliphatic carbocycles. The summed E-state index contributed by atoms with van der Waals surface area (Å²) in [6.45, 7) is 12.1. The topological polar surface area (TPSA) is 55.9 Å². The highest BCUT2D eigenvalue weighted by Gasteiger charge is 2.35. The number of anilines is 1. The van der Waals surface area contributed by atoms with E-state index in [0.717, 1.165) is 56.7 Å². The van der Waals surface area contributed by atoms with Crippen LogP contribution in [-0.4, -0.2) is 77.4 Å². The monoisotopic (exact) mass is 414 g/mol. The molecule has 30 heavy (non-hydrogen) atoms. The number of carbonyl (C=O) groups excluding carboxylic acids is 2. The van der Waals surface area contributed by atoms with Gasteiger partial charge < -0.3 is 10.2 Å². The van der Waals surface area contributed by atoms with Crippen molar-refractivity contribution in [2.24, 2.45) is 0 Å². The Bertz CT molecular complexity index is 720. The number of nitrogens with one attached hydrogen (secondary N) is 1. The number of rotatable bonds is 6. The van der Waals surface area contributed by atoms with Gasteiger partial charge in [-0.15, -0.1) is 0 Å². The molecule has 0 bridgehead atoms. The number of carbonyl (C=O) groups is 2. The molecule has 6 heteroatoms. The number of piperazine rings is 1. The molecule has 1 N–H and O–H groups in total. The summed E-state index contributed by atoms with van der Waals surface area (Å²) in [5.74, 6) is 0.293. The Morgan fingerprint density at radius 2 is 1.70 bits per heavy atom. The average molecular weight is 415 g/mol. The quantitative estimate of drug-likeness (QED) is 0.778. The lowest BCUT2D eigenvalue weighted by Crippen LogP contribution is -2.58. The van der Waals surface area contributed by atoms with Crippen molar-refractivity contribution in [2.75, 3.05) is 38.0 Å². The van der Waals surface area contributed by atoms with Gasteiger partial charge in [0.15, 0.2) is 0 Å². The molecular weight excluding hydrogens is 376 g/mol. The molecule has 2 aliphatic rings. The van der Waals surface area contributed by atoms with Crippen molar-refractivity contribution in [1.82, 2.24) is 14.7 Å². The number of hydrogen-bond donors (Lipinski definition) is 1. The van der Waals surface area contributed by atoms with Crippen molar-refractivity contribution in [2.45, 2.75) is 71.5 Å². The molecule has 0 aromatic heterocycles. The van der Waals surface area contributed by atoms with E-state index in [1.807, 2.05) is 25.1 Å². The SMILES string of the molecule is CCc1ccccc1NC(=O)CN1CCN([C@@H](C)C(=O)N2[C@@H](C)CCC[C@@H]2C)CC1. The lowest BCUT2D eigenvalue weighted by Gasteiger charge is -2.44. The van der Waals surface area contributed by atoms with Gasteiger partial charge in [0.05, 0.1) is 12.6 Å². The first-order chi connectivity index (χ1) is 14.4. The lowest BCUT2D eigenvalue weighted by atomic mass is 9.96. The molecule has 0 unspecified atom stereocenters. The summed E-state index contributed by atoms with van der Waals surface area (Å²) >= 11 is 0. The predicted octanol–water partition coefficient (Wildman–Crippen LogP) is 2.98. The van der Waals surface area contributed by atoms with Crippen molar-refractivity contribution >= 4 is 17.5 Å². The molecule has 0 saturated carbocycles. The second-order valence-electron chi connectivity index (χ2n) is 8.92. The summed E-state index contributed by atoms with van der Waals surface area (Å²) in [5.41, 5.74) is 2.07. The second kappa shape index (κ2) is 10.4. The van der Waals surface area contributed by atoms with Gasteiger partial charge in [-0.2, -0.15) is 0 Å². The lowest BCUT2D eigenvalue weighted by molar-refractivity contribution is -0.143. The Hall–Kier alpha value is -1.92. The van der Waals surface area contributed by atoms with E-state index < -0.39 is 0 Å². The zero-order valence-corrected chi connectivity index (χ0v) is 19.1. The molecular formula is C24H38N4O2. The van der Waals surface area contributed by atoms with Crippen LogP contribution in [0.5, 0.6) is 0 Å². The van der Waals surface area contributed by atoms with Crippen LogP contribution in [-0.2, 0) is 16.0 Å². The Morgan fingerprint density at radius 1 is 1.07 bits per heavy atom. The molecule has 2 aliphatic heterocycles. The molecule has 6 nitrogen and oxygen atoms in total. The standard InChI is InChI=1S/C24H38N4O2/c1-5-21-11-6-7-12-22(21)25-23(29)17-26-13-15-27(16-14-26)20(4)24(30)28-18(2)9-8-10-19(28)3/h6-7,11-12,18-20H,5,8-10,13-17H2,1-4H3,(H,25,29)/t18-,19-,20-/m0/s1. The maximum atomic E-state index is 13.1. The summed E-state index contributed by atoms with van der Waals surface area (Å²) in [4.78, 5) is 32.2. The average Bonchev–Trinajstić information content (AvgIpc) is 2.74. The minimum Gasteiger partial charge on any atom is -0.336 e. The molecule has 3 atom stereocenters. The summed E-state index contributed by atoms with van der Waals surface area (Å²) in [7, 11) is 0. The molecule has 2 amide bonds. The molecule has 166 valence electrons. The van der Waals surface area contributed by atoms with Crippen LogP contribution < -0.4 is 5.32 Å². The highest BCUT2D eigenvalue weighted by atomic mass is 16.2. The molecule has 3 rings (SSSR count). The fourth-order valence-corrected chi connectivity index (χ4v) is 4.88. The largest absolute Gasteiger partial charge is 0.336 e. The first-order valence-electron chi connectivity index (χ1n) is 11.6. The van der Waals surface area contributed by atoms with Crippen molar-refractivity contribution in [3.05, 3.63) is 29.8 Å². The summed E-state index contributed by atoms with van der Waals surface area (Å²) in [6, 6.07) is 8.54. The van der Waals surface area contributed by atoms with Crippen molar-refractivity contribution in [3.8, 4) is 0 Å². The van der Waals surface area contributed by atoms with E-state index in [-0.39, 0.29) is 17.9 Å². The van der Waals surface area contributed by atoms with E-state index >= 15 is 0 Å². The van der Waals surface area contributed by atoms with Crippen LogP contribution in [0, 0.1) is 0 Å². The predicted molar refractivity (Wildman–Crippen MR) is 122 cm³/mol. The van der Waals surface area contributed by atoms with Gasteiger partial charge in [-0.3, -0.25) is 19.4 Å². The third-order valence-electron chi connectivity index (χ3n) is 6.80. The third kappa shape index (κ3) is 5.41. The molecule has 1 aromatic rings. The van der Waals surface area contributed by atoms with Crippen LogP contribution in [0.25, 0.3) is 0 Å². The highest BCUT2D eigenvalue weighted by Crippen LogP contribution is 2.24. The van der Waals surface area contributed by atoms with Crippen LogP contribution in [0.3, 0.4) is 0 Å². The number of hydrogen-bond acceptors (Lipinski definition) is 4. The Labute approximate surface area is 181 Å². The van der Waals surface area contributed by atoms with Crippen LogP contribution in [0.4, 0.5) is 5.69 Å². The zero-order valence-electron chi connectivity index (χ0n) is 19.1. The van der Waals surface area contributed by atoms with E-state index in [2.05, 4.69) is 46.9 Å². The van der Waals surface area contributed by atoms with Gasteiger partial charge in [-0.25, -0.2) is 0 Å². The number of piperidine rings is 1.